The third-order valence-corrected chi connectivity index (χ3v) is 4.68. The number of para-hydroxylation sites is 1. The van der Waals surface area contributed by atoms with E-state index >= 15 is 0 Å². The van der Waals surface area contributed by atoms with E-state index in [1.807, 2.05) is 25.3 Å². The van der Waals surface area contributed by atoms with Crippen LogP contribution in [0, 0.1) is 12.7 Å². The van der Waals surface area contributed by atoms with Crippen molar-refractivity contribution in [2.45, 2.75) is 26.3 Å². The Morgan fingerprint density at radius 3 is 2.78 bits per heavy atom. The minimum Gasteiger partial charge on any atom is -0.356 e. The number of nitrogens with one attached hydrogen (secondary N) is 2. The van der Waals surface area contributed by atoms with Crippen LogP contribution in [0.25, 0.3) is 10.9 Å². The summed E-state index contributed by atoms with van der Waals surface area (Å²) in [5, 5.41) is 7.78. The molecule has 5 heteroatoms. The van der Waals surface area contributed by atoms with Crippen molar-refractivity contribution < 1.29 is 4.39 Å². The number of nitrogens with zero attached hydrogens (tertiary/aromatic N) is 2. The first-order valence-corrected chi connectivity index (χ1v) is 9.14. The zero-order valence-electron chi connectivity index (χ0n) is 16.0. The first-order chi connectivity index (χ1) is 13.1. The van der Waals surface area contributed by atoms with Gasteiger partial charge in [-0.15, -0.1) is 0 Å². The molecule has 1 aromatic heterocycles. The molecule has 0 bridgehead atoms. The van der Waals surface area contributed by atoms with E-state index < -0.39 is 0 Å². The highest BCUT2D eigenvalue weighted by molar-refractivity contribution is 5.82. The van der Waals surface area contributed by atoms with Crippen molar-refractivity contribution in [3.05, 3.63) is 77.2 Å². The summed E-state index contributed by atoms with van der Waals surface area (Å²) in [5.74, 6) is 0.504. The maximum absolute atomic E-state index is 13.8. The van der Waals surface area contributed by atoms with Crippen LogP contribution in [0.4, 0.5) is 4.39 Å². The van der Waals surface area contributed by atoms with E-state index in [4.69, 9.17) is 0 Å². The Balaban J connectivity index is 1.59. The minimum atomic E-state index is -0.187. The summed E-state index contributed by atoms with van der Waals surface area (Å²) in [6.45, 7) is 4.48. The van der Waals surface area contributed by atoms with E-state index in [0.717, 1.165) is 29.4 Å². The quantitative estimate of drug-likeness (QED) is 0.528. The number of aliphatic imine (C=N–C) groups is 1. The van der Waals surface area contributed by atoms with Crippen LogP contribution in [0.1, 0.15) is 29.7 Å². The van der Waals surface area contributed by atoms with Crippen LogP contribution in [0.5, 0.6) is 0 Å². The fourth-order valence-electron chi connectivity index (χ4n) is 3.05. The molecule has 2 N–H and O–H groups in total. The van der Waals surface area contributed by atoms with Crippen LogP contribution in [0.15, 0.2) is 59.7 Å². The highest BCUT2D eigenvalue weighted by Gasteiger charge is 2.10. The lowest BCUT2D eigenvalue weighted by Gasteiger charge is -2.19. The van der Waals surface area contributed by atoms with Crippen molar-refractivity contribution in [2.75, 3.05) is 13.6 Å². The number of aryl methyl sites for hydroxylation is 1. The third kappa shape index (κ3) is 4.61. The van der Waals surface area contributed by atoms with Gasteiger partial charge in [0, 0.05) is 25.2 Å². The molecule has 0 spiro atoms. The molecule has 0 saturated carbocycles. The van der Waals surface area contributed by atoms with Crippen molar-refractivity contribution in [1.29, 1.82) is 0 Å². The lowest BCUT2D eigenvalue weighted by atomic mass is 10.1. The first-order valence-electron chi connectivity index (χ1n) is 9.14. The van der Waals surface area contributed by atoms with Gasteiger partial charge in [-0.05, 0) is 49.1 Å². The monoisotopic (exact) mass is 364 g/mol. The fraction of sp³-hybridized carbons (Fsp3) is 0.273. The Kier molecular flexibility index (Phi) is 6.01. The van der Waals surface area contributed by atoms with Gasteiger partial charge in [0.25, 0.3) is 0 Å². The molecule has 0 amide bonds. The number of guanidine groups is 1. The molecule has 3 aromatic rings. The van der Waals surface area contributed by atoms with Crippen molar-refractivity contribution in [3.8, 4) is 0 Å². The smallest absolute Gasteiger partial charge is 0.191 e. The Morgan fingerprint density at radius 1 is 1.19 bits per heavy atom. The lowest BCUT2D eigenvalue weighted by Crippen LogP contribution is -2.39. The number of pyridine rings is 1. The molecule has 3 rings (SSSR count). The van der Waals surface area contributed by atoms with Gasteiger partial charge >= 0.3 is 0 Å². The van der Waals surface area contributed by atoms with Crippen LogP contribution in [0.3, 0.4) is 0 Å². The molecule has 0 aliphatic heterocycles. The van der Waals surface area contributed by atoms with Gasteiger partial charge < -0.3 is 10.6 Å². The second kappa shape index (κ2) is 8.62. The molecule has 27 heavy (non-hydrogen) atoms. The standard InChI is InChI=1S/C22H25FN4/c1-15-9-10-19(14-20(15)23)16(2)27-22(24-3)26-13-11-18-7-4-6-17-8-5-12-25-21(17)18/h4-10,12,14,16H,11,13H2,1-3H3,(H2,24,26,27). The zero-order valence-corrected chi connectivity index (χ0v) is 16.0. The van der Waals surface area contributed by atoms with Gasteiger partial charge in [-0.1, -0.05) is 36.4 Å². The van der Waals surface area contributed by atoms with Crippen LogP contribution >= 0.6 is 0 Å². The molecular weight excluding hydrogens is 339 g/mol. The van der Waals surface area contributed by atoms with Crippen molar-refractivity contribution in [2.24, 2.45) is 4.99 Å². The predicted molar refractivity (Wildman–Crippen MR) is 109 cm³/mol. The average molecular weight is 364 g/mol. The average Bonchev–Trinajstić information content (AvgIpc) is 2.69. The zero-order chi connectivity index (χ0) is 19.2. The summed E-state index contributed by atoms with van der Waals surface area (Å²) >= 11 is 0. The van der Waals surface area contributed by atoms with E-state index in [1.165, 1.54) is 5.56 Å². The van der Waals surface area contributed by atoms with Crippen molar-refractivity contribution in [1.82, 2.24) is 15.6 Å². The largest absolute Gasteiger partial charge is 0.356 e. The van der Waals surface area contributed by atoms with Crippen LogP contribution < -0.4 is 10.6 Å². The molecule has 0 aliphatic carbocycles. The van der Waals surface area contributed by atoms with Gasteiger partial charge in [-0.2, -0.15) is 0 Å². The van der Waals surface area contributed by atoms with E-state index in [9.17, 15) is 4.39 Å². The Bertz CT molecular complexity index is 947. The summed E-state index contributed by atoms with van der Waals surface area (Å²) in [6, 6.07) is 15.5. The maximum Gasteiger partial charge on any atom is 0.191 e. The lowest BCUT2D eigenvalue weighted by molar-refractivity contribution is 0.607. The molecule has 0 radical (unpaired) electrons. The Labute approximate surface area is 159 Å². The van der Waals surface area contributed by atoms with Crippen LogP contribution in [-0.2, 0) is 6.42 Å². The second-order valence-corrected chi connectivity index (χ2v) is 6.62. The van der Waals surface area contributed by atoms with Gasteiger partial charge in [0.05, 0.1) is 11.6 Å². The number of aromatic nitrogens is 1. The maximum atomic E-state index is 13.8. The number of rotatable bonds is 5. The second-order valence-electron chi connectivity index (χ2n) is 6.62. The highest BCUT2D eigenvalue weighted by Crippen LogP contribution is 2.17. The topological polar surface area (TPSA) is 49.3 Å². The summed E-state index contributed by atoms with van der Waals surface area (Å²) < 4.78 is 13.8. The molecule has 0 saturated heterocycles. The number of hydrogen-bond acceptors (Lipinski definition) is 2. The van der Waals surface area contributed by atoms with E-state index in [1.54, 1.807) is 26.1 Å². The van der Waals surface area contributed by atoms with Gasteiger partial charge in [0.1, 0.15) is 5.82 Å². The molecule has 2 aromatic carbocycles. The predicted octanol–water partition coefficient (Wildman–Crippen LogP) is 4.15. The molecule has 1 heterocycles. The molecule has 0 fully saturated rings. The highest BCUT2D eigenvalue weighted by atomic mass is 19.1. The van der Waals surface area contributed by atoms with Crippen molar-refractivity contribution in [3.63, 3.8) is 0 Å². The van der Waals surface area contributed by atoms with Gasteiger partial charge in [0.2, 0.25) is 0 Å². The molecule has 140 valence electrons. The molecule has 4 nitrogen and oxygen atoms in total. The third-order valence-electron chi connectivity index (χ3n) is 4.68. The number of halogens is 1. The number of fused-ring (bicyclic) bond motifs is 1. The van der Waals surface area contributed by atoms with E-state index in [0.29, 0.717) is 11.5 Å². The normalized spacial score (nSPS) is 12.8. The minimum absolute atomic E-state index is 0.0504. The SMILES string of the molecule is CN=C(NCCc1cccc2cccnc12)NC(C)c1ccc(C)c(F)c1. The fourth-order valence-corrected chi connectivity index (χ4v) is 3.05. The van der Waals surface area contributed by atoms with E-state index in [2.05, 4.69) is 44.9 Å². The van der Waals surface area contributed by atoms with Crippen LogP contribution in [-0.4, -0.2) is 24.5 Å². The molecule has 1 unspecified atom stereocenters. The molecular formula is C22H25FN4. The molecule has 0 aliphatic rings. The first kappa shape index (κ1) is 18.8. The van der Waals surface area contributed by atoms with Gasteiger partial charge in [0.15, 0.2) is 5.96 Å². The number of hydrogen-bond donors (Lipinski definition) is 2. The Morgan fingerprint density at radius 2 is 2.00 bits per heavy atom. The summed E-state index contributed by atoms with van der Waals surface area (Å²) in [5.41, 5.74) is 3.77. The van der Waals surface area contributed by atoms with Gasteiger partial charge in [-0.25, -0.2) is 4.39 Å². The summed E-state index contributed by atoms with van der Waals surface area (Å²) in [4.78, 5) is 8.77. The Hall–Kier alpha value is -2.95. The van der Waals surface area contributed by atoms with Crippen LogP contribution in [0.2, 0.25) is 0 Å². The van der Waals surface area contributed by atoms with E-state index in [-0.39, 0.29) is 11.9 Å². The molecule has 1 atom stereocenters. The van der Waals surface area contributed by atoms with Gasteiger partial charge in [-0.3, -0.25) is 9.98 Å². The van der Waals surface area contributed by atoms with Crippen molar-refractivity contribution >= 4 is 16.9 Å². The summed E-state index contributed by atoms with van der Waals surface area (Å²) in [7, 11) is 1.73. The summed E-state index contributed by atoms with van der Waals surface area (Å²) in [6.07, 6.45) is 2.66. The number of benzene rings is 2.